The number of amides is 1. The molecule has 0 atom stereocenters. The van der Waals surface area contributed by atoms with E-state index >= 15 is 0 Å². The van der Waals surface area contributed by atoms with Gasteiger partial charge in [-0.2, -0.15) is 0 Å². The summed E-state index contributed by atoms with van der Waals surface area (Å²) < 4.78 is 30.3. The fraction of sp³-hybridized carbons (Fsp3) is 0.308. The first-order valence-corrected chi connectivity index (χ1v) is 9.18. The van der Waals surface area contributed by atoms with Crippen LogP contribution in [0.2, 0.25) is 0 Å². The second-order valence-corrected chi connectivity index (χ2v) is 7.57. The van der Waals surface area contributed by atoms with Gasteiger partial charge in [0.05, 0.1) is 11.4 Å². The third-order valence-electron chi connectivity index (χ3n) is 2.92. The van der Waals surface area contributed by atoms with Gasteiger partial charge < -0.3 is 9.73 Å². The summed E-state index contributed by atoms with van der Waals surface area (Å²) in [5.74, 6) is -0.0581. The highest BCUT2D eigenvalue weighted by molar-refractivity contribution is 7.98. The molecule has 0 fully saturated rings. The van der Waals surface area contributed by atoms with Gasteiger partial charge in [-0.1, -0.05) is 11.8 Å². The number of nitrogens with one attached hydrogen (secondary N) is 1. The monoisotopic (exact) mass is 356 g/mol. The summed E-state index contributed by atoms with van der Waals surface area (Å²) in [6.07, 6.45) is 1.80. The Bertz CT molecular complexity index is 785. The summed E-state index contributed by atoms with van der Waals surface area (Å²) in [7, 11) is -0.614. The van der Waals surface area contributed by atoms with Gasteiger partial charge >= 0.3 is 0 Å². The lowest BCUT2D eigenvalue weighted by Crippen LogP contribution is -2.24. The molecule has 23 heavy (non-hydrogen) atoms. The summed E-state index contributed by atoms with van der Waals surface area (Å²) >= 11 is 1.31. The molecule has 0 aliphatic carbocycles. The molecule has 2 rings (SSSR count). The SMILES string of the molecule is CSc1nnc(CNC(=O)c2ccc(S(=O)(=O)N(C)C)cc2)o1. The molecule has 2 aromatic rings. The smallest absolute Gasteiger partial charge is 0.276 e. The second kappa shape index (κ2) is 7.11. The average molecular weight is 356 g/mol. The Hall–Kier alpha value is -1.91. The number of benzene rings is 1. The molecular formula is C13H16N4O4S2. The number of carbonyl (C=O) groups excluding carboxylic acids is 1. The molecule has 0 spiro atoms. The molecule has 1 heterocycles. The van der Waals surface area contributed by atoms with E-state index in [9.17, 15) is 13.2 Å². The van der Waals surface area contributed by atoms with Crippen LogP contribution in [0, 0.1) is 0 Å². The maximum absolute atomic E-state index is 12.0. The van der Waals surface area contributed by atoms with Crippen molar-refractivity contribution in [1.29, 1.82) is 0 Å². The van der Waals surface area contributed by atoms with Crippen LogP contribution in [0.3, 0.4) is 0 Å². The van der Waals surface area contributed by atoms with Crippen LogP contribution in [0.15, 0.2) is 38.8 Å². The Morgan fingerprint density at radius 1 is 1.26 bits per heavy atom. The van der Waals surface area contributed by atoms with Crippen molar-refractivity contribution in [2.45, 2.75) is 16.7 Å². The summed E-state index contributed by atoms with van der Waals surface area (Å²) in [4.78, 5) is 12.1. The minimum atomic E-state index is -3.51. The van der Waals surface area contributed by atoms with Gasteiger partial charge in [0.25, 0.3) is 11.1 Å². The van der Waals surface area contributed by atoms with Gasteiger partial charge in [0, 0.05) is 19.7 Å². The molecule has 0 unspecified atom stereocenters. The summed E-state index contributed by atoms with van der Waals surface area (Å²) in [6, 6.07) is 5.69. The third kappa shape index (κ3) is 4.09. The fourth-order valence-corrected chi connectivity index (χ4v) is 2.84. The minimum absolute atomic E-state index is 0.101. The van der Waals surface area contributed by atoms with Crippen LogP contribution in [0.25, 0.3) is 0 Å². The first-order valence-electron chi connectivity index (χ1n) is 6.51. The van der Waals surface area contributed by atoms with Crippen molar-refractivity contribution in [3.63, 3.8) is 0 Å². The second-order valence-electron chi connectivity index (χ2n) is 4.66. The molecule has 1 amide bonds. The zero-order chi connectivity index (χ0) is 17.0. The van der Waals surface area contributed by atoms with E-state index in [-0.39, 0.29) is 17.3 Å². The van der Waals surface area contributed by atoms with E-state index in [1.807, 2.05) is 0 Å². The molecule has 0 bridgehead atoms. The lowest BCUT2D eigenvalue weighted by molar-refractivity contribution is 0.0946. The van der Waals surface area contributed by atoms with Crippen LogP contribution < -0.4 is 5.32 Å². The molecule has 1 aromatic carbocycles. The minimum Gasteiger partial charge on any atom is -0.414 e. The maximum atomic E-state index is 12.0. The number of carbonyl (C=O) groups is 1. The van der Waals surface area contributed by atoms with Crippen LogP contribution in [-0.2, 0) is 16.6 Å². The van der Waals surface area contributed by atoms with Crippen molar-refractivity contribution in [2.24, 2.45) is 0 Å². The van der Waals surface area contributed by atoms with Gasteiger partial charge in [0.1, 0.15) is 0 Å². The van der Waals surface area contributed by atoms with E-state index in [1.165, 1.54) is 50.1 Å². The van der Waals surface area contributed by atoms with Crippen molar-refractivity contribution < 1.29 is 17.6 Å². The number of hydrogen-bond donors (Lipinski definition) is 1. The van der Waals surface area contributed by atoms with Gasteiger partial charge in [0.15, 0.2) is 0 Å². The van der Waals surface area contributed by atoms with Crippen LogP contribution >= 0.6 is 11.8 Å². The topological polar surface area (TPSA) is 105 Å². The highest BCUT2D eigenvalue weighted by Gasteiger charge is 2.17. The molecule has 0 aliphatic heterocycles. The molecule has 10 heteroatoms. The number of hydrogen-bond acceptors (Lipinski definition) is 7. The number of sulfonamides is 1. The van der Waals surface area contributed by atoms with Crippen LogP contribution in [0.5, 0.6) is 0 Å². The Morgan fingerprint density at radius 2 is 1.91 bits per heavy atom. The fourth-order valence-electron chi connectivity index (χ4n) is 1.64. The largest absolute Gasteiger partial charge is 0.414 e. The quantitative estimate of drug-likeness (QED) is 0.769. The standard InChI is InChI=1S/C13H16N4O4S2/c1-17(2)23(19,20)10-6-4-9(5-7-10)12(18)14-8-11-15-16-13(21-11)22-3/h4-7H,8H2,1-3H3,(H,14,18). The molecule has 1 N–H and O–H groups in total. The molecule has 124 valence electrons. The Morgan fingerprint density at radius 3 is 2.43 bits per heavy atom. The van der Waals surface area contributed by atoms with Crippen LogP contribution in [-0.4, -0.2) is 49.2 Å². The first kappa shape index (κ1) is 17.4. The van der Waals surface area contributed by atoms with Crippen LogP contribution in [0.4, 0.5) is 0 Å². The van der Waals surface area contributed by atoms with Gasteiger partial charge in [-0.25, -0.2) is 12.7 Å². The molecule has 0 radical (unpaired) electrons. The molecular weight excluding hydrogens is 340 g/mol. The summed E-state index contributed by atoms with van der Waals surface area (Å²) in [6.45, 7) is 0.101. The summed E-state index contributed by atoms with van der Waals surface area (Å²) in [5, 5.41) is 10.6. The van der Waals surface area contributed by atoms with Gasteiger partial charge in [-0.3, -0.25) is 4.79 Å². The van der Waals surface area contributed by atoms with Gasteiger partial charge in [-0.05, 0) is 30.5 Å². The van der Waals surface area contributed by atoms with E-state index in [0.717, 1.165) is 4.31 Å². The lowest BCUT2D eigenvalue weighted by Gasteiger charge is -2.11. The lowest BCUT2D eigenvalue weighted by atomic mass is 10.2. The van der Waals surface area contributed by atoms with E-state index < -0.39 is 10.0 Å². The maximum Gasteiger partial charge on any atom is 0.276 e. The van der Waals surface area contributed by atoms with E-state index in [4.69, 9.17) is 4.42 Å². The van der Waals surface area contributed by atoms with Crippen molar-refractivity contribution >= 4 is 27.7 Å². The average Bonchev–Trinajstić information content (AvgIpc) is 3.00. The highest BCUT2D eigenvalue weighted by atomic mass is 32.2. The third-order valence-corrected chi connectivity index (χ3v) is 5.26. The molecule has 1 aromatic heterocycles. The highest BCUT2D eigenvalue weighted by Crippen LogP contribution is 2.14. The number of rotatable bonds is 6. The number of thioether (sulfide) groups is 1. The Labute approximate surface area is 138 Å². The van der Waals surface area contributed by atoms with Crippen molar-refractivity contribution in [3.05, 3.63) is 35.7 Å². The molecule has 0 saturated heterocycles. The van der Waals surface area contributed by atoms with E-state index in [1.54, 1.807) is 6.26 Å². The predicted molar refractivity (Wildman–Crippen MR) is 84.6 cm³/mol. The predicted octanol–water partition coefficient (Wildman–Crippen LogP) is 0.972. The van der Waals surface area contributed by atoms with Crippen molar-refractivity contribution in [3.8, 4) is 0 Å². The van der Waals surface area contributed by atoms with Crippen LogP contribution in [0.1, 0.15) is 16.2 Å². The zero-order valence-corrected chi connectivity index (χ0v) is 14.4. The van der Waals surface area contributed by atoms with Crippen molar-refractivity contribution in [1.82, 2.24) is 19.8 Å². The molecule has 0 aliphatic rings. The normalized spacial score (nSPS) is 11.7. The molecule has 8 nitrogen and oxygen atoms in total. The van der Waals surface area contributed by atoms with E-state index in [0.29, 0.717) is 16.7 Å². The van der Waals surface area contributed by atoms with Gasteiger partial charge in [-0.15, -0.1) is 10.2 Å². The van der Waals surface area contributed by atoms with Gasteiger partial charge in [0.2, 0.25) is 15.9 Å². The van der Waals surface area contributed by atoms with Crippen molar-refractivity contribution in [2.75, 3.05) is 20.4 Å². The number of aromatic nitrogens is 2. The zero-order valence-electron chi connectivity index (χ0n) is 12.8. The Kier molecular flexibility index (Phi) is 5.39. The first-order chi connectivity index (χ1) is 10.8. The summed E-state index contributed by atoms with van der Waals surface area (Å²) in [5.41, 5.74) is 0.340. The molecule has 0 saturated carbocycles. The Balaban J connectivity index is 2.03. The number of nitrogens with zero attached hydrogens (tertiary/aromatic N) is 3. The van der Waals surface area contributed by atoms with E-state index in [2.05, 4.69) is 15.5 Å².